The van der Waals surface area contributed by atoms with Crippen LogP contribution in [0.25, 0.3) is 0 Å². The van der Waals surface area contributed by atoms with E-state index in [0.717, 1.165) is 24.5 Å². The SMILES string of the molecule is CC.CC.CCCOc1ccccc1OC. The molecule has 2 nitrogen and oxygen atoms in total. The normalized spacial score (nSPS) is 7.88. The van der Waals surface area contributed by atoms with Gasteiger partial charge in [-0.15, -0.1) is 0 Å². The van der Waals surface area contributed by atoms with Crippen LogP contribution in [0.3, 0.4) is 0 Å². The van der Waals surface area contributed by atoms with Gasteiger partial charge in [-0.3, -0.25) is 0 Å². The van der Waals surface area contributed by atoms with Crippen molar-refractivity contribution < 1.29 is 9.47 Å². The molecule has 0 atom stereocenters. The summed E-state index contributed by atoms with van der Waals surface area (Å²) in [5, 5.41) is 0. The number of hydrogen-bond acceptors (Lipinski definition) is 2. The summed E-state index contributed by atoms with van der Waals surface area (Å²) in [7, 11) is 1.65. The van der Waals surface area contributed by atoms with Gasteiger partial charge in [-0.05, 0) is 18.6 Å². The summed E-state index contributed by atoms with van der Waals surface area (Å²) in [5.41, 5.74) is 0. The lowest BCUT2D eigenvalue weighted by molar-refractivity contribution is 0.294. The van der Waals surface area contributed by atoms with Gasteiger partial charge in [-0.1, -0.05) is 46.8 Å². The molecule has 0 N–H and O–H groups in total. The van der Waals surface area contributed by atoms with Crippen LogP contribution in [0.15, 0.2) is 24.3 Å². The molecule has 0 aliphatic rings. The first-order valence-corrected chi connectivity index (χ1v) is 6.14. The molecule has 0 radical (unpaired) electrons. The van der Waals surface area contributed by atoms with E-state index >= 15 is 0 Å². The van der Waals surface area contributed by atoms with Gasteiger partial charge in [0.2, 0.25) is 0 Å². The Morgan fingerprint density at radius 1 is 0.938 bits per heavy atom. The van der Waals surface area contributed by atoms with E-state index in [-0.39, 0.29) is 0 Å². The minimum Gasteiger partial charge on any atom is -0.493 e. The number of ether oxygens (including phenoxy) is 2. The van der Waals surface area contributed by atoms with Crippen molar-refractivity contribution in [3.8, 4) is 11.5 Å². The monoisotopic (exact) mass is 226 g/mol. The quantitative estimate of drug-likeness (QED) is 0.750. The van der Waals surface area contributed by atoms with Crippen molar-refractivity contribution in [2.24, 2.45) is 0 Å². The van der Waals surface area contributed by atoms with Crippen molar-refractivity contribution in [2.45, 2.75) is 41.0 Å². The molecule has 16 heavy (non-hydrogen) atoms. The van der Waals surface area contributed by atoms with Crippen LogP contribution in [-0.2, 0) is 0 Å². The summed E-state index contributed by atoms with van der Waals surface area (Å²) in [6.07, 6.45) is 1.01. The van der Waals surface area contributed by atoms with Crippen LogP contribution in [0.4, 0.5) is 0 Å². The van der Waals surface area contributed by atoms with Crippen LogP contribution in [0.2, 0.25) is 0 Å². The summed E-state index contributed by atoms with van der Waals surface area (Å²) in [4.78, 5) is 0. The second-order valence-corrected chi connectivity index (χ2v) is 2.50. The van der Waals surface area contributed by atoms with E-state index in [9.17, 15) is 0 Å². The van der Waals surface area contributed by atoms with Crippen LogP contribution in [0, 0.1) is 0 Å². The molecule has 0 amide bonds. The Morgan fingerprint density at radius 2 is 1.44 bits per heavy atom. The highest BCUT2D eigenvalue weighted by Crippen LogP contribution is 2.25. The van der Waals surface area contributed by atoms with E-state index < -0.39 is 0 Å². The van der Waals surface area contributed by atoms with Gasteiger partial charge < -0.3 is 9.47 Å². The predicted octanol–water partition coefficient (Wildman–Crippen LogP) is 4.54. The Bertz CT molecular complexity index is 234. The largest absolute Gasteiger partial charge is 0.493 e. The first-order chi connectivity index (χ1) is 7.88. The number of hydrogen-bond donors (Lipinski definition) is 0. The zero-order valence-electron chi connectivity index (χ0n) is 11.5. The molecule has 1 aromatic carbocycles. The maximum Gasteiger partial charge on any atom is 0.161 e. The van der Waals surface area contributed by atoms with E-state index in [1.807, 2.05) is 52.0 Å². The molecule has 0 unspecified atom stereocenters. The molecule has 0 saturated carbocycles. The van der Waals surface area contributed by atoms with E-state index in [2.05, 4.69) is 6.92 Å². The summed E-state index contributed by atoms with van der Waals surface area (Å²) < 4.78 is 10.6. The third-order valence-electron chi connectivity index (χ3n) is 1.53. The summed E-state index contributed by atoms with van der Waals surface area (Å²) in [6.45, 7) is 10.8. The fourth-order valence-corrected chi connectivity index (χ4v) is 0.950. The van der Waals surface area contributed by atoms with Gasteiger partial charge in [-0.25, -0.2) is 0 Å². The van der Waals surface area contributed by atoms with Crippen molar-refractivity contribution in [1.29, 1.82) is 0 Å². The Morgan fingerprint density at radius 3 is 1.88 bits per heavy atom. The van der Waals surface area contributed by atoms with Gasteiger partial charge in [0.1, 0.15) is 0 Å². The van der Waals surface area contributed by atoms with Gasteiger partial charge >= 0.3 is 0 Å². The number of para-hydroxylation sites is 2. The van der Waals surface area contributed by atoms with Crippen molar-refractivity contribution in [3.05, 3.63) is 24.3 Å². The van der Waals surface area contributed by atoms with Gasteiger partial charge in [0.15, 0.2) is 11.5 Å². The maximum absolute atomic E-state index is 5.45. The molecule has 94 valence electrons. The lowest BCUT2D eigenvalue weighted by Gasteiger charge is -2.08. The minimum absolute atomic E-state index is 0.736. The third kappa shape index (κ3) is 7.16. The third-order valence-corrected chi connectivity index (χ3v) is 1.53. The molecule has 2 heteroatoms. The molecule has 0 heterocycles. The van der Waals surface area contributed by atoms with Crippen LogP contribution in [0.5, 0.6) is 11.5 Å². The highest BCUT2D eigenvalue weighted by Gasteiger charge is 1.99. The summed E-state index contributed by atoms with van der Waals surface area (Å²) in [6, 6.07) is 7.67. The fourth-order valence-electron chi connectivity index (χ4n) is 0.950. The summed E-state index contributed by atoms with van der Waals surface area (Å²) >= 11 is 0. The number of rotatable bonds is 4. The molecule has 1 rings (SSSR count). The second-order valence-electron chi connectivity index (χ2n) is 2.50. The van der Waals surface area contributed by atoms with Crippen molar-refractivity contribution in [2.75, 3.05) is 13.7 Å². The average Bonchev–Trinajstić information content (AvgIpc) is 2.41. The second kappa shape index (κ2) is 13.8. The number of methoxy groups -OCH3 is 1. The van der Waals surface area contributed by atoms with Gasteiger partial charge in [0, 0.05) is 0 Å². The van der Waals surface area contributed by atoms with Crippen molar-refractivity contribution in [3.63, 3.8) is 0 Å². The van der Waals surface area contributed by atoms with Crippen LogP contribution in [0.1, 0.15) is 41.0 Å². The van der Waals surface area contributed by atoms with E-state index in [4.69, 9.17) is 9.47 Å². The smallest absolute Gasteiger partial charge is 0.161 e. The van der Waals surface area contributed by atoms with Crippen LogP contribution < -0.4 is 9.47 Å². The molecule has 0 aliphatic heterocycles. The molecule has 0 aliphatic carbocycles. The molecule has 0 fully saturated rings. The summed E-state index contributed by atoms with van der Waals surface area (Å²) in [5.74, 6) is 1.62. The van der Waals surface area contributed by atoms with Gasteiger partial charge in [0.05, 0.1) is 13.7 Å². The van der Waals surface area contributed by atoms with E-state index in [0.29, 0.717) is 0 Å². The Balaban J connectivity index is 0. The van der Waals surface area contributed by atoms with Gasteiger partial charge in [0.25, 0.3) is 0 Å². The predicted molar refractivity (Wildman–Crippen MR) is 71.5 cm³/mol. The van der Waals surface area contributed by atoms with Crippen molar-refractivity contribution in [1.82, 2.24) is 0 Å². The van der Waals surface area contributed by atoms with Crippen LogP contribution in [-0.4, -0.2) is 13.7 Å². The topological polar surface area (TPSA) is 18.5 Å². The maximum atomic E-state index is 5.45. The zero-order chi connectivity index (χ0) is 12.8. The zero-order valence-corrected chi connectivity index (χ0v) is 11.5. The van der Waals surface area contributed by atoms with Gasteiger partial charge in [-0.2, -0.15) is 0 Å². The number of benzene rings is 1. The Hall–Kier alpha value is -1.18. The lowest BCUT2D eigenvalue weighted by atomic mass is 10.3. The Kier molecular flexibility index (Phi) is 14.9. The van der Waals surface area contributed by atoms with E-state index in [1.165, 1.54) is 0 Å². The van der Waals surface area contributed by atoms with E-state index in [1.54, 1.807) is 7.11 Å². The fraction of sp³-hybridized carbons (Fsp3) is 0.571. The highest BCUT2D eigenvalue weighted by atomic mass is 16.5. The Labute approximate surface area is 101 Å². The minimum atomic E-state index is 0.736. The first kappa shape index (κ1) is 17.2. The lowest BCUT2D eigenvalue weighted by Crippen LogP contribution is -1.96. The molecule has 0 spiro atoms. The van der Waals surface area contributed by atoms with Crippen molar-refractivity contribution >= 4 is 0 Å². The molecule has 0 aromatic heterocycles. The molecular weight excluding hydrogens is 200 g/mol. The van der Waals surface area contributed by atoms with Crippen LogP contribution >= 0.6 is 0 Å². The molecule has 1 aromatic rings. The average molecular weight is 226 g/mol. The first-order valence-electron chi connectivity index (χ1n) is 6.14. The standard InChI is InChI=1S/C10H14O2.2C2H6/c1-3-8-12-10-7-5-4-6-9(10)11-2;2*1-2/h4-7H,3,8H2,1-2H3;2*1-2H3. The molecule has 0 saturated heterocycles. The molecular formula is C14H26O2. The highest BCUT2D eigenvalue weighted by molar-refractivity contribution is 5.39. The molecule has 0 bridgehead atoms.